The zero-order valence-electron chi connectivity index (χ0n) is 18.0. The molecule has 29 heavy (non-hydrogen) atoms. The Morgan fingerprint density at radius 1 is 0.897 bits per heavy atom. The number of anilines is 1. The fraction of sp³-hybridized carbons (Fsp3) is 0.560. The van der Waals surface area contributed by atoms with Crippen molar-refractivity contribution in [1.82, 2.24) is 0 Å². The third-order valence-corrected chi connectivity index (χ3v) is 4.93. The number of hydrogen-bond acceptors (Lipinski definition) is 3. The number of rotatable bonds is 17. The summed E-state index contributed by atoms with van der Waals surface area (Å²) in [4.78, 5) is 11.0. The van der Waals surface area contributed by atoms with Crippen molar-refractivity contribution in [2.24, 2.45) is 0 Å². The van der Waals surface area contributed by atoms with Gasteiger partial charge in [-0.05, 0) is 56.7 Å². The normalized spacial score (nSPS) is 11.5. The van der Waals surface area contributed by atoms with Crippen LogP contribution in [0.25, 0.3) is 0 Å². The molecule has 0 aliphatic rings. The Hall–Kier alpha value is -2.23. The molecule has 0 aliphatic carbocycles. The van der Waals surface area contributed by atoms with Crippen molar-refractivity contribution in [3.05, 3.63) is 48.1 Å². The summed E-state index contributed by atoms with van der Waals surface area (Å²) in [5.41, 5.74) is 0.676. The third kappa shape index (κ3) is 12.8. The standard InChI is InChI=1S/C25H39NO3/c1-2-3-4-5-6-7-8-9-10-11-12-13-14-15-16-17-20-26-22-18-19-24(27)23(21-22)25(28)29/h6-7,9-10,18-19,21,26-27H,2-5,8,11-17,20H2,1H3,(H,28,29). The van der Waals surface area contributed by atoms with Gasteiger partial charge in [0.25, 0.3) is 0 Å². The number of carboxylic acid groups (broad SMARTS) is 1. The number of carboxylic acids is 1. The second-order valence-corrected chi connectivity index (χ2v) is 7.55. The van der Waals surface area contributed by atoms with Crippen LogP contribution in [-0.4, -0.2) is 22.7 Å². The van der Waals surface area contributed by atoms with Gasteiger partial charge in [-0.25, -0.2) is 4.79 Å². The summed E-state index contributed by atoms with van der Waals surface area (Å²) >= 11 is 0. The van der Waals surface area contributed by atoms with Gasteiger partial charge in [-0.3, -0.25) is 0 Å². The second kappa shape index (κ2) is 16.7. The first-order chi connectivity index (χ1) is 14.1. The lowest BCUT2D eigenvalue weighted by Crippen LogP contribution is -2.03. The molecule has 162 valence electrons. The molecule has 0 spiro atoms. The van der Waals surface area contributed by atoms with Gasteiger partial charge >= 0.3 is 5.97 Å². The van der Waals surface area contributed by atoms with Gasteiger partial charge < -0.3 is 15.5 Å². The summed E-state index contributed by atoms with van der Waals surface area (Å²) in [6.45, 7) is 3.06. The maximum Gasteiger partial charge on any atom is 0.339 e. The van der Waals surface area contributed by atoms with Gasteiger partial charge in [-0.2, -0.15) is 0 Å². The SMILES string of the molecule is CCCCCC=CCC=CCCCCCCCCNc1ccc(O)c(C(=O)O)c1. The van der Waals surface area contributed by atoms with Crippen molar-refractivity contribution in [2.45, 2.75) is 84.0 Å². The molecule has 1 aromatic carbocycles. The minimum absolute atomic E-state index is 0.0629. The number of allylic oxidation sites excluding steroid dienone is 4. The smallest absolute Gasteiger partial charge is 0.339 e. The van der Waals surface area contributed by atoms with Crippen molar-refractivity contribution in [3.8, 4) is 5.75 Å². The van der Waals surface area contributed by atoms with Crippen molar-refractivity contribution >= 4 is 11.7 Å². The summed E-state index contributed by atoms with van der Waals surface area (Å²) in [5.74, 6) is -1.31. The molecule has 1 rings (SSSR count). The summed E-state index contributed by atoms with van der Waals surface area (Å²) in [6.07, 6.45) is 23.9. The fourth-order valence-electron chi connectivity index (χ4n) is 3.16. The van der Waals surface area contributed by atoms with Crippen LogP contribution in [0.1, 0.15) is 94.3 Å². The Morgan fingerprint density at radius 2 is 1.52 bits per heavy atom. The van der Waals surface area contributed by atoms with E-state index >= 15 is 0 Å². The molecule has 4 heteroatoms. The van der Waals surface area contributed by atoms with Gasteiger partial charge in [0.05, 0.1) is 0 Å². The van der Waals surface area contributed by atoms with Crippen molar-refractivity contribution in [1.29, 1.82) is 0 Å². The molecule has 3 N–H and O–H groups in total. The van der Waals surface area contributed by atoms with Gasteiger partial charge in [-0.1, -0.05) is 69.8 Å². The van der Waals surface area contributed by atoms with E-state index in [1.165, 1.54) is 76.3 Å². The predicted octanol–water partition coefficient (Wildman–Crippen LogP) is 7.32. The van der Waals surface area contributed by atoms with E-state index < -0.39 is 5.97 Å². The molecule has 0 radical (unpaired) electrons. The molecular formula is C25H39NO3. The first-order valence-corrected chi connectivity index (χ1v) is 11.2. The van der Waals surface area contributed by atoms with Crippen LogP contribution in [0, 0.1) is 0 Å². The minimum Gasteiger partial charge on any atom is -0.507 e. The van der Waals surface area contributed by atoms with Crippen LogP contribution in [0.3, 0.4) is 0 Å². The van der Waals surface area contributed by atoms with E-state index in [-0.39, 0.29) is 11.3 Å². The van der Waals surface area contributed by atoms with Gasteiger partial charge in [0.15, 0.2) is 0 Å². The Labute approximate surface area is 176 Å². The molecule has 4 nitrogen and oxygen atoms in total. The summed E-state index contributed by atoms with van der Waals surface area (Å²) < 4.78 is 0. The molecule has 1 aromatic rings. The van der Waals surface area contributed by atoms with E-state index in [4.69, 9.17) is 5.11 Å². The highest BCUT2D eigenvalue weighted by atomic mass is 16.4. The van der Waals surface area contributed by atoms with Crippen molar-refractivity contribution < 1.29 is 15.0 Å². The van der Waals surface area contributed by atoms with Crippen molar-refractivity contribution in [2.75, 3.05) is 11.9 Å². The van der Waals surface area contributed by atoms with E-state index in [1.54, 1.807) is 6.07 Å². The van der Waals surface area contributed by atoms with Crippen LogP contribution in [0.4, 0.5) is 5.69 Å². The monoisotopic (exact) mass is 401 g/mol. The Balaban J connectivity index is 1.94. The first-order valence-electron chi connectivity index (χ1n) is 11.2. The molecular weight excluding hydrogens is 362 g/mol. The molecule has 0 unspecified atom stereocenters. The van der Waals surface area contributed by atoms with E-state index in [2.05, 4.69) is 36.5 Å². The molecule has 0 amide bonds. The van der Waals surface area contributed by atoms with Crippen molar-refractivity contribution in [3.63, 3.8) is 0 Å². The quantitative estimate of drug-likeness (QED) is 0.145. The zero-order valence-corrected chi connectivity index (χ0v) is 18.0. The number of unbranched alkanes of at least 4 members (excludes halogenated alkanes) is 9. The Bertz CT molecular complexity index is 622. The van der Waals surface area contributed by atoms with Gasteiger partial charge in [0.1, 0.15) is 11.3 Å². The molecule has 0 fully saturated rings. The average molecular weight is 402 g/mol. The van der Waals surface area contributed by atoms with Crippen LogP contribution in [0.2, 0.25) is 0 Å². The van der Waals surface area contributed by atoms with Gasteiger partial charge in [0, 0.05) is 12.2 Å². The van der Waals surface area contributed by atoms with Gasteiger partial charge in [0.2, 0.25) is 0 Å². The number of phenols is 1. The lowest BCUT2D eigenvalue weighted by Gasteiger charge is -2.08. The summed E-state index contributed by atoms with van der Waals surface area (Å²) in [6, 6.07) is 4.61. The average Bonchev–Trinajstić information content (AvgIpc) is 2.71. The highest BCUT2D eigenvalue weighted by molar-refractivity contribution is 5.91. The largest absolute Gasteiger partial charge is 0.507 e. The topological polar surface area (TPSA) is 69.6 Å². The summed E-state index contributed by atoms with van der Waals surface area (Å²) in [7, 11) is 0. The van der Waals surface area contributed by atoms with Crippen LogP contribution in [0.15, 0.2) is 42.5 Å². The van der Waals surface area contributed by atoms with Crippen LogP contribution in [-0.2, 0) is 0 Å². The Morgan fingerprint density at radius 3 is 2.17 bits per heavy atom. The zero-order chi connectivity index (χ0) is 21.2. The maximum atomic E-state index is 11.0. The van der Waals surface area contributed by atoms with Crippen LogP contribution in [0.5, 0.6) is 5.75 Å². The molecule has 0 atom stereocenters. The third-order valence-electron chi connectivity index (χ3n) is 4.93. The molecule has 0 saturated carbocycles. The molecule has 0 heterocycles. The lowest BCUT2D eigenvalue weighted by atomic mass is 10.1. The van der Waals surface area contributed by atoms with Crippen LogP contribution >= 0.6 is 0 Å². The highest BCUT2D eigenvalue weighted by Crippen LogP contribution is 2.21. The number of hydrogen-bond donors (Lipinski definition) is 3. The number of benzene rings is 1. The Kier molecular flexibility index (Phi) is 14.3. The molecule has 0 aliphatic heterocycles. The maximum absolute atomic E-state index is 11.0. The van der Waals surface area contributed by atoms with Gasteiger partial charge in [-0.15, -0.1) is 0 Å². The van der Waals surface area contributed by atoms with E-state index in [0.717, 1.165) is 25.1 Å². The first kappa shape index (κ1) is 24.8. The molecule has 0 aromatic heterocycles. The predicted molar refractivity (Wildman–Crippen MR) is 123 cm³/mol. The molecule has 0 saturated heterocycles. The second-order valence-electron chi connectivity index (χ2n) is 7.55. The highest BCUT2D eigenvalue weighted by Gasteiger charge is 2.09. The molecule has 0 bridgehead atoms. The number of nitrogens with one attached hydrogen (secondary N) is 1. The fourth-order valence-corrected chi connectivity index (χ4v) is 3.16. The number of carbonyl (C=O) groups is 1. The van der Waals surface area contributed by atoms with E-state index in [1.807, 2.05) is 0 Å². The van der Waals surface area contributed by atoms with Crippen LogP contribution < -0.4 is 5.32 Å². The van der Waals surface area contributed by atoms with E-state index in [9.17, 15) is 9.90 Å². The number of aromatic hydroxyl groups is 1. The summed E-state index contributed by atoms with van der Waals surface area (Å²) in [5, 5.41) is 21.8. The van der Waals surface area contributed by atoms with E-state index in [0.29, 0.717) is 0 Å². The lowest BCUT2D eigenvalue weighted by molar-refractivity contribution is 0.0694. The number of aromatic carboxylic acids is 1. The minimum atomic E-state index is -1.11.